The van der Waals surface area contributed by atoms with E-state index in [0.717, 1.165) is 34.4 Å². The Morgan fingerprint density at radius 1 is 1.00 bits per heavy atom. The Morgan fingerprint density at radius 3 is 2.34 bits per heavy atom. The van der Waals surface area contributed by atoms with Crippen molar-refractivity contribution in [3.8, 4) is 0 Å². The largest absolute Gasteiger partial charge is 0.436 e. The molecule has 0 radical (unpaired) electrons. The van der Waals surface area contributed by atoms with Gasteiger partial charge in [-0.3, -0.25) is 19.8 Å². The lowest BCUT2D eigenvalue weighted by Crippen LogP contribution is -2.47. The number of carbonyl (C=O) groups excluding carboxylic acids is 3. The van der Waals surface area contributed by atoms with Gasteiger partial charge in [0.2, 0.25) is 5.89 Å². The Hall–Kier alpha value is -3.97. The highest BCUT2D eigenvalue weighted by molar-refractivity contribution is 6.31. The number of hydrogen-bond donors (Lipinski definition) is 1. The van der Waals surface area contributed by atoms with Crippen LogP contribution in [0.3, 0.4) is 0 Å². The third kappa shape index (κ3) is 2.61. The summed E-state index contributed by atoms with van der Waals surface area (Å²) in [6.07, 6.45) is 3.58. The normalized spacial score (nSPS) is 15.2. The van der Waals surface area contributed by atoms with E-state index in [1.807, 2.05) is 12.1 Å². The number of oxazole rings is 1. The summed E-state index contributed by atoms with van der Waals surface area (Å²) >= 11 is 5.97. The van der Waals surface area contributed by atoms with Gasteiger partial charge in [-0.15, -0.1) is 0 Å². The molecule has 1 aromatic heterocycles. The number of fused-ring (bicyclic) bond motifs is 1. The van der Waals surface area contributed by atoms with Crippen LogP contribution >= 0.6 is 11.6 Å². The van der Waals surface area contributed by atoms with Crippen molar-refractivity contribution in [2.45, 2.75) is 12.8 Å². The number of nitrogens with one attached hydrogen (secondary N) is 1. The Balaban J connectivity index is 1.38. The lowest BCUT2D eigenvalue weighted by atomic mass is 9.92. The van der Waals surface area contributed by atoms with Crippen LogP contribution in [0.1, 0.15) is 37.7 Å². The molecule has 1 N–H and O–H groups in total. The second-order valence-corrected chi connectivity index (χ2v) is 8.15. The van der Waals surface area contributed by atoms with Crippen molar-refractivity contribution in [2.24, 2.45) is 0 Å². The van der Waals surface area contributed by atoms with E-state index < -0.39 is 11.8 Å². The summed E-state index contributed by atoms with van der Waals surface area (Å²) in [7, 11) is 0. The van der Waals surface area contributed by atoms with Gasteiger partial charge < -0.3 is 4.42 Å². The number of benzene rings is 3. The molecule has 0 fully saturated rings. The van der Waals surface area contributed by atoms with E-state index in [2.05, 4.69) is 10.4 Å². The summed E-state index contributed by atoms with van der Waals surface area (Å²) in [5.41, 5.74) is 6.87. The summed E-state index contributed by atoms with van der Waals surface area (Å²) in [6, 6.07) is 12.3. The Labute approximate surface area is 186 Å². The number of rotatable bonds is 4. The molecule has 7 nitrogen and oxygen atoms in total. The van der Waals surface area contributed by atoms with Crippen LogP contribution in [0, 0.1) is 0 Å². The second-order valence-electron chi connectivity index (χ2n) is 7.72. The highest BCUT2D eigenvalue weighted by Gasteiger charge is 2.35. The van der Waals surface area contributed by atoms with Gasteiger partial charge in [-0.2, -0.15) is 5.01 Å². The molecule has 2 amide bonds. The third-order valence-corrected chi connectivity index (χ3v) is 6.17. The monoisotopic (exact) mass is 443 g/mol. The zero-order chi connectivity index (χ0) is 22.0. The third-order valence-electron chi connectivity index (χ3n) is 5.94. The van der Waals surface area contributed by atoms with Gasteiger partial charge in [-0.1, -0.05) is 23.7 Å². The Morgan fingerprint density at radius 2 is 1.69 bits per heavy atom. The molecule has 0 atom stereocenters. The maximum atomic E-state index is 13.1. The first-order valence-corrected chi connectivity index (χ1v) is 10.4. The van der Waals surface area contributed by atoms with Crippen LogP contribution in [0.25, 0.3) is 27.4 Å². The molecule has 1 aliphatic heterocycles. The second kappa shape index (κ2) is 6.77. The van der Waals surface area contributed by atoms with Crippen molar-refractivity contribution >= 4 is 57.1 Å². The molecule has 1 aliphatic carbocycles. The number of hydrazine groups is 1. The van der Waals surface area contributed by atoms with E-state index in [1.54, 1.807) is 30.3 Å². The van der Waals surface area contributed by atoms with Crippen molar-refractivity contribution in [3.05, 3.63) is 81.8 Å². The minimum absolute atomic E-state index is 0.0393. The molecule has 6 rings (SSSR count). The number of amides is 2. The zero-order valence-corrected chi connectivity index (χ0v) is 17.3. The predicted molar refractivity (Wildman–Crippen MR) is 118 cm³/mol. The molecule has 4 aromatic rings. The van der Waals surface area contributed by atoms with Crippen LogP contribution < -0.4 is 5.43 Å². The molecule has 32 heavy (non-hydrogen) atoms. The van der Waals surface area contributed by atoms with Crippen LogP contribution in [0.15, 0.2) is 53.1 Å². The average molecular weight is 444 g/mol. The Bertz CT molecular complexity index is 1480. The topological polar surface area (TPSA) is 92.5 Å². The van der Waals surface area contributed by atoms with E-state index in [4.69, 9.17) is 16.0 Å². The van der Waals surface area contributed by atoms with Gasteiger partial charge in [0.1, 0.15) is 5.52 Å². The molecule has 0 bridgehead atoms. The van der Waals surface area contributed by atoms with Gasteiger partial charge in [-0.05, 0) is 59.7 Å². The number of imide groups is 1. The van der Waals surface area contributed by atoms with Crippen LogP contribution in [-0.2, 0) is 17.6 Å². The fourth-order valence-corrected chi connectivity index (χ4v) is 4.61. The van der Waals surface area contributed by atoms with Crippen molar-refractivity contribution < 1.29 is 18.8 Å². The maximum absolute atomic E-state index is 13.1. The smallest absolute Gasteiger partial charge is 0.280 e. The van der Waals surface area contributed by atoms with E-state index in [9.17, 15) is 14.4 Å². The van der Waals surface area contributed by atoms with E-state index in [0.29, 0.717) is 38.9 Å². The molecule has 2 heterocycles. The minimum atomic E-state index is -0.482. The highest BCUT2D eigenvalue weighted by atomic mass is 35.5. The fraction of sp³-hybridized carbons (Fsp3) is 0.0833. The molecule has 156 valence electrons. The molecule has 2 aliphatic rings. The number of hydrogen-bond acceptors (Lipinski definition) is 6. The number of nitrogens with zero attached hydrogens (tertiary/aromatic N) is 2. The first kappa shape index (κ1) is 18.8. The van der Waals surface area contributed by atoms with Gasteiger partial charge in [0.25, 0.3) is 11.8 Å². The van der Waals surface area contributed by atoms with Crippen LogP contribution in [0.4, 0.5) is 0 Å². The van der Waals surface area contributed by atoms with Crippen LogP contribution in [0.5, 0.6) is 0 Å². The first-order chi connectivity index (χ1) is 15.5. The number of halogens is 1. The number of allylic oxidation sites excluding steroid dienone is 1. The Kier molecular flexibility index (Phi) is 3.97. The summed E-state index contributed by atoms with van der Waals surface area (Å²) in [6.45, 7) is 0. The molecule has 3 aromatic carbocycles. The first-order valence-electron chi connectivity index (χ1n) is 9.99. The zero-order valence-electron chi connectivity index (χ0n) is 16.5. The molecule has 0 saturated heterocycles. The van der Waals surface area contributed by atoms with Crippen molar-refractivity contribution in [1.82, 2.24) is 15.4 Å². The van der Waals surface area contributed by atoms with Gasteiger partial charge in [0.15, 0.2) is 11.9 Å². The molecule has 8 heteroatoms. The van der Waals surface area contributed by atoms with Crippen LogP contribution in [0.2, 0.25) is 5.02 Å². The average Bonchev–Trinajstić information content (AvgIpc) is 3.41. The molecular formula is C24H14ClN3O4. The lowest BCUT2D eigenvalue weighted by molar-refractivity contribution is -0.103. The summed E-state index contributed by atoms with van der Waals surface area (Å²) in [5.74, 6) is -0.919. The number of aldehydes is 1. The van der Waals surface area contributed by atoms with Crippen LogP contribution in [-0.4, -0.2) is 28.1 Å². The maximum Gasteiger partial charge on any atom is 0.280 e. The molecule has 0 spiro atoms. The van der Waals surface area contributed by atoms with Gasteiger partial charge >= 0.3 is 0 Å². The lowest BCUT2D eigenvalue weighted by Gasteiger charge is -2.27. The highest BCUT2D eigenvalue weighted by Crippen LogP contribution is 2.38. The van der Waals surface area contributed by atoms with E-state index in [-0.39, 0.29) is 11.5 Å². The fourth-order valence-electron chi connectivity index (χ4n) is 4.44. The van der Waals surface area contributed by atoms with Gasteiger partial charge in [0.05, 0.1) is 16.7 Å². The predicted octanol–water partition coefficient (Wildman–Crippen LogP) is 4.07. The molecular weight excluding hydrogens is 430 g/mol. The van der Waals surface area contributed by atoms with Crippen molar-refractivity contribution in [2.75, 3.05) is 0 Å². The quantitative estimate of drug-likeness (QED) is 0.290. The molecule has 0 unspecified atom stereocenters. The van der Waals surface area contributed by atoms with Crippen molar-refractivity contribution in [1.29, 1.82) is 0 Å². The number of aryl methyl sites for hydroxylation is 2. The number of aromatic nitrogens is 1. The van der Waals surface area contributed by atoms with E-state index >= 15 is 0 Å². The standard InChI is InChI=1S/C24H14ClN3O4/c25-15-5-8-19-18(9-15)27-22(32-19)14(11-29)10-26-28-23(30)16-6-3-12-1-2-13-4-7-17(24(28)31)21(16)20(12)13/h3-11,26H,1-2H2. The van der Waals surface area contributed by atoms with Crippen molar-refractivity contribution in [3.63, 3.8) is 0 Å². The molecule has 0 saturated carbocycles. The van der Waals surface area contributed by atoms with Gasteiger partial charge in [-0.25, -0.2) is 4.98 Å². The van der Waals surface area contributed by atoms with E-state index in [1.165, 1.54) is 6.20 Å². The number of carbonyl (C=O) groups is 3. The summed E-state index contributed by atoms with van der Waals surface area (Å²) in [4.78, 5) is 42.2. The minimum Gasteiger partial charge on any atom is -0.436 e. The summed E-state index contributed by atoms with van der Waals surface area (Å²) < 4.78 is 5.61. The summed E-state index contributed by atoms with van der Waals surface area (Å²) in [5, 5.41) is 3.11. The SMILES string of the molecule is O=CC(=CNN1C(=O)c2ccc3c4c(ccc(c24)C1=O)CC3)c1nc2cc(Cl)ccc2o1. The van der Waals surface area contributed by atoms with Gasteiger partial charge in [0, 0.05) is 16.6 Å².